The summed E-state index contributed by atoms with van der Waals surface area (Å²) in [5.74, 6) is -1.51. The molecule has 6 heteroatoms. The third kappa shape index (κ3) is 8.92. The van der Waals surface area contributed by atoms with Gasteiger partial charge in [-0.15, -0.1) is 0 Å². The average Bonchev–Trinajstić information content (AvgIpc) is 2.55. The zero-order valence-corrected chi connectivity index (χ0v) is 14.7. The molecule has 0 aliphatic carbocycles. The van der Waals surface area contributed by atoms with Crippen molar-refractivity contribution in [3.05, 3.63) is 36.5 Å². The third-order valence-corrected chi connectivity index (χ3v) is 3.22. The number of allylic oxidation sites excluding steroid dienone is 3. The van der Waals surface area contributed by atoms with E-state index in [1.54, 1.807) is 39.0 Å². The van der Waals surface area contributed by atoms with Gasteiger partial charge in [0, 0.05) is 18.2 Å². The van der Waals surface area contributed by atoms with Gasteiger partial charge in [-0.1, -0.05) is 25.2 Å². The minimum Gasteiger partial charge on any atom is -0.462 e. The molecule has 0 fully saturated rings. The van der Waals surface area contributed by atoms with Crippen LogP contribution in [0.25, 0.3) is 0 Å². The number of ether oxygens (including phenoxy) is 3. The minimum absolute atomic E-state index is 0.0289. The van der Waals surface area contributed by atoms with Crippen molar-refractivity contribution in [3.8, 4) is 0 Å². The second kappa shape index (κ2) is 12.1. The molecule has 0 saturated carbocycles. The lowest BCUT2D eigenvalue weighted by Gasteiger charge is -2.30. The molecule has 0 amide bonds. The molecular formula is C18H26O6. The van der Waals surface area contributed by atoms with Crippen LogP contribution in [0.3, 0.4) is 0 Å². The Balaban J connectivity index is 5.00. The molecule has 0 N–H and O–H groups in total. The highest BCUT2D eigenvalue weighted by atomic mass is 16.6. The van der Waals surface area contributed by atoms with E-state index in [-0.39, 0.29) is 19.8 Å². The molecule has 0 radical (unpaired) electrons. The van der Waals surface area contributed by atoms with Crippen LogP contribution in [0.5, 0.6) is 0 Å². The number of hydrogen-bond donors (Lipinski definition) is 0. The summed E-state index contributed by atoms with van der Waals surface area (Å²) in [6.07, 6.45) is 9.05. The largest absolute Gasteiger partial charge is 0.462 e. The van der Waals surface area contributed by atoms with Crippen LogP contribution in [-0.4, -0.2) is 37.7 Å². The maximum absolute atomic E-state index is 11.5. The van der Waals surface area contributed by atoms with Crippen LogP contribution in [0.4, 0.5) is 0 Å². The fourth-order valence-electron chi connectivity index (χ4n) is 1.66. The van der Waals surface area contributed by atoms with Crippen LogP contribution in [0.15, 0.2) is 36.5 Å². The number of hydrogen-bond acceptors (Lipinski definition) is 6. The summed E-state index contributed by atoms with van der Waals surface area (Å²) < 4.78 is 15.5. The monoisotopic (exact) mass is 338 g/mol. The zero-order valence-electron chi connectivity index (χ0n) is 14.7. The second-order valence-corrected chi connectivity index (χ2v) is 5.18. The summed E-state index contributed by atoms with van der Waals surface area (Å²) in [5, 5.41) is 0. The standard InChI is InChI=1S/C18H26O6/c1-5-9-15(19)22-12-18(8-4,13-23-16(20)10-6-2)14-24-17(21)11-7-3/h5-7,9-11H,8,12-14H2,1-4H3/b9-5+,10-6+,11-7+. The Morgan fingerprint density at radius 3 is 1.21 bits per heavy atom. The quantitative estimate of drug-likeness (QED) is 0.346. The lowest BCUT2D eigenvalue weighted by Crippen LogP contribution is -2.38. The predicted molar refractivity (Wildman–Crippen MR) is 90.0 cm³/mol. The summed E-state index contributed by atoms with van der Waals surface area (Å²) in [6, 6.07) is 0. The van der Waals surface area contributed by atoms with Crippen molar-refractivity contribution in [2.45, 2.75) is 34.1 Å². The van der Waals surface area contributed by atoms with E-state index in [1.807, 2.05) is 6.92 Å². The molecule has 0 bridgehead atoms. The maximum atomic E-state index is 11.5. The number of carbonyl (C=O) groups excluding carboxylic acids is 3. The van der Waals surface area contributed by atoms with E-state index in [1.165, 1.54) is 18.2 Å². The molecule has 0 aromatic rings. The van der Waals surface area contributed by atoms with E-state index in [2.05, 4.69) is 0 Å². The molecule has 0 aliphatic rings. The van der Waals surface area contributed by atoms with Crippen molar-refractivity contribution in [1.82, 2.24) is 0 Å². The molecule has 24 heavy (non-hydrogen) atoms. The van der Waals surface area contributed by atoms with Crippen molar-refractivity contribution in [2.24, 2.45) is 5.41 Å². The molecule has 0 aromatic carbocycles. The van der Waals surface area contributed by atoms with Crippen LogP contribution in [0.2, 0.25) is 0 Å². The Kier molecular flexibility index (Phi) is 10.9. The van der Waals surface area contributed by atoms with E-state index < -0.39 is 23.3 Å². The Morgan fingerprint density at radius 2 is 1.00 bits per heavy atom. The van der Waals surface area contributed by atoms with E-state index in [0.717, 1.165) is 0 Å². The first-order chi connectivity index (χ1) is 11.4. The fraction of sp³-hybridized carbons (Fsp3) is 0.500. The lowest BCUT2D eigenvalue weighted by molar-refractivity contribution is -0.156. The van der Waals surface area contributed by atoms with Gasteiger partial charge >= 0.3 is 17.9 Å². The average molecular weight is 338 g/mol. The Bertz CT molecular complexity index is 432. The highest BCUT2D eigenvalue weighted by Gasteiger charge is 2.33. The van der Waals surface area contributed by atoms with Crippen LogP contribution >= 0.6 is 0 Å². The Labute approximate surface area is 143 Å². The normalized spacial score (nSPS) is 12.0. The van der Waals surface area contributed by atoms with Crippen molar-refractivity contribution in [3.63, 3.8) is 0 Å². The molecule has 6 nitrogen and oxygen atoms in total. The second-order valence-electron chi connectivity index (χ2n) is 5.18. The summed E-state index contributed by atoms with van der Waals surface area (Å²) in [7, 11) is 0. The molecule has 0 heterocycles. The van der Waals surface area contributed by atoms with Gasteiger partial charge in [-0.25, -0.2) is 14.4 Å². The van der Waals surface area contributed by atoms with E-state index >= 15 is 0 Å². The molecule has 134 valence electrons. The molecular weight excluding hydrogens is 312 g/mol. The SMILES string of the molecule is C/C=C/C(=O)OCC(CC)(COC(=O)/C=C/C)COC(=O)/C=C/C. The summed E-state index contributed by atoms with van der Waals surface area (Å²) >= 11 is 0. The summed E-state index contributed by atoms with van der Waals surface area (Å²) in [4.78, 5) is 34.6. The zero-order chi connectivity index (χ0) is 18.4. The van der Waals surface area contributed by atoms with Gasteiger partial charge in [-0.2, -0.15) is 0 Å². The smallest absolute Gasteiger partial charge is 0.330 e. The van der Waals surface area contributed by atoms with Gasteiger partial charge in [-0.05, 0) is 27.2 Å². The van der Waals surface area contributed by atoms with Gasteiger partial charge in [0.25, 0.3) is 0 Å². The van der Waals surface area contributed by atoms with Crippen LogP contribution < -0.4 is 0 Å². The van der Waals surface area contributed by atoms with Gasteiger partial charge in [0.1, 0.15) is 19.8 Å². The highest BCUT2D eigenvalue weighted by Crippen LogP contribution is 2.24. The van der Waals surface area contributed by atoms with Crippen LogP contribution in [-0.2, 0) is 28.6 Å². The first kappa shape index (κ1) is 21.6. The van der Waals surface area contributed by atoms with E-state index in [0.29, 0.717) is 6.42 Å². The number of esters is 3. The first-order valence-corrected chi connectivity index (χ1v) is 7.81. The molecule has 0 rings (SSSR count). The molecule has 0 aromatic heterocycles. The third-order valence-electron chi connectivity index (χ3n) is 3.22. The van der Waals surface area contributed by atoms with Crippen molar-refractivity contribution >= 4 is 17.9 Å². The fourth-order valence-corrected chi connectivity index (χ4v) is 1.66. The Morgan fingerprint density at radius 1 is 0.708 bits per heavy atom. The van der Waals surface area contributed by atoms with Crippen molar-refractivity contribution in [1.29, 1.82) is 0 Å². The number of carbonyl (C=O) groups is 3. The van der Waals surface area contributed by atoms with Gasteiger partial charge in [0.15, 0.2) is 0 Å². The maximum Gasteiger partial charge on any atom is 0.330 e. The number of rotatable bonds is 10. The minimum atomic E-state index is -0.800. The molecule has 0 spiro atoms. The molecule has 0 saturated heterocycles. The Hall–Kier alpha value is -2.37. The van der Waals surface area contributed by atoms with E-state index in [4.69, 9.17) is 14.2 Å². The van der Waals surface area contributed by atoms with E-state index in [9.17, 15) is 14.4 Å². The van der Waals surface area contributed by atoms with Gasteiger partial charge in [0.2, 0.25) is 0 Å². The van der Waals surface area contributed by atoms with Gasteiger partial charge in [0.05, 0.1) is 5.41 Å². The van der Waals surface area contributed by atoms with Crippen LogP contribution in [0, 0.1) is 5.41 Å². The predicted octanol–water partition coefficient (Wildman–Crippen LogP) is 2.74. The first-order valence-electron chi connectivity index (χ1n) is 7.81. The van der Waals surface area contributed by atoms with Crippen molar-refractivity contribution in [2.75, 3.05) is 19.8 Å². The molecule has 0 atom stereocenters. The van der Waals surface area contributed by atoms with Gasteiger partial charge < -0.3 is 14.2 Å². The summed E-state index contributed by atoms with van der Waals surface area (Å²) in [5.41, 5.74) is -0.800. The lowest BCUT2D eigenvalue weighted by atomic mass is 9.88. The van der Waals surface area contributed by atoms with Crippen LogP contribution in [0.1, 0.15) is 34.1 Å². The highest BCUT2D eigenvalue weighted by molar-refractivity contribution is 5.82. The summed E-state index contributed by atoms with van der Waals surface area (Å²) in [6.45, 7) is 6.86. The van der Waals surface area contributed by atoms with Crippen molar-refractivity contribution < 1.29 is 28.6 Å². The molecule has 0 aliphatic heterocycles. The van der Waals surface area contributed by atoms with Gasteiger partial charge in [-0.3, -0.25) is 0 Å². The topological polar surface area (TPSA) is 78.9 Å². The molecule has 0 unspecified atom stereocenters.